The van der Waals surface area contributed by atoms with Crippen LogP contribution in [0, 0.1) is 0 Å². The van der Waals surface area contributed by atoms with E-state index in [2.05, 4.69) is 20.1 Å². The van der Waals surface area contributed by atoms with Crippen molar-refractivity contribution < 1.29 is 19.1 Å². The third-order valence-corrected chi connectivity index (χ3v) is 7.87. The Morgan fingerprint density at radius 2 is 1.83 bits per heavy atom. The van der Waals surface area contributed by atoms with Crippen molar-refractivity contribution in [2.24, 2.45) is 0 Å². The number of pyridine rings is 1. The average molecular weight is 491 g/mol. The fourth-order valence-corrected chi connectivity index (χ4v) is 5.71. The smallest absolute Gasteiger partial charge is 0.255 e. The number of carbonyl (C=O) groups excluding carboxylic acids is 3. The van der Waals surface area contributed by atoms with Gasteiger partial charge in [0.1, 0.15) is 23.7 Å². The number of rotatable bonds is 5. The van der Waals surface area contributed by atoms with Crippen molar-refractivity contribution in [2.45, 2.75) is 50.4 Å². The minimum atomic E-state index is -0.619. The summed E-state index contributed by atoms with van der Waals surface area (Å²) >= 11 is 0. The minimum absolute atomic E-state index is 0.112. The average Bonchev–Trinajstić information content (AvgIpc) is 3.19. The van der Waals surface area contributed by atoms with Crippen LogP contribution < -0.4 is 20.7 Å². The van der Waals surface area contributed by atoms with E-state index in [0.717, 1.165) is 56.0 Å². The molecule has 1 aromatic carbocycles. The lowest BCUT2D eigenvalue weighted by atomic mass is 9.87. The van der Waals surface area contributed by atoms with Crippen LogP contribution in [0.3, 0.4) is 0 Å². The Morgan fingerprint density at radius 1 is 1.03 bits per heavy atom. The number of hydrogen-bond donors (Lipinski definition) is 2. The van der Waals surface area contributed by atoms with Gasteiger partial charge < -0.3 is 20.3 Å². The molecule has 4 heterocycles. The number of nitrogens with one attached hydrogen (secondary N) is 1. The van der Waals surface area contributed by atoms with Gasteiger partial charge in [0.05, 0.1) is 18.4 Å². The van der Waals surface area contributed by atoms with Gasteiger partial charge in [-0.05, 0) is 30.7 Å². The van der Waals surface area contributed by atoms with Gasteiger partial charge in [-0.3, -0.25) is 24.6 Å². The molecule has 3 fully saturated rings. The van der Waals surface area contributed by atoms with Gasteiger partial charge in [-0.2, -0.15) is 0 Å². The summed E-state index contributed by atoms with van der Waals surface area (Å²) in [6, 6.07) is 9.28. The summed E-state index contributed by atoms with van der Waals surface area (Å²) in [5, 5.41) is 2.35. The summed E-state index contributed by atoms with van der Waals surface area (Å²) in [6.45, 7) is 4.24. The van der Waals surface area contributed by atoms with Gasteiger partial charge in [0, 0.05) is 62.6 Å². The van der Waals surface area contributed by atoms with Crippen molar-refractivity contribution in [1.82, 2.24) is 20.1 Å². The molecule has 3 aliphatic heterocycles. The molecule has 0 radical (unpaired) electrons. The molecule has 1 unspecified atom stereocenters. The predicted molar refractivity (Wildman–Crippen MR) is 132 cm³/mol. The lowest BCUT2D eigenvalue weighted by Crippen LogP contribution is -2.56. The fraction of sp³-hybridized carbons (Fsp3) is 0.462. The normalized spacial score (nSPS) is 26.4. The predicted octanol–water partition coefficient (Wildman–Crippen LogP) is 1.16. The van der Waals surface area contributed by atoms with E-state index in [9.17, 15) is 14.4 Å². The number of imide groups is 1. The molecular weight excluding hydrogens is 460 g/mol. The molecule has 2 saturated heterocycles. The van der Waals surface area contributed by atoms with Crippen LogP contribution >= 0.6 is 0 Å². The lowest BCUT2D eigenvalue weighted by molar-refractivity contribution is -0.136. The number of hydrogen-bond acceptors (Lipinski definition) is 8. The molecule has 4 aliphatic rings. The second-order valence-corrected chi connectivity index (χ2v) is 10.0. The maximum absolute atomic E-state index is 13.0. The molecule has 3 amide bonds. The number of fused-ring (bicyclic) bond motifs is 1. The molecule has 1 aliphatic carbocycles. The van der Waals surface area contributed by atoms with Crippen LogP contribution in [0.15, 0.2) is 36.5 Å². The summed E-state index contributed by atoms with van der Waals surface area (Å²) in [6.07, 6.45) is 4.46. The van der Waals surface area contributed by atoms with Crippen LogP contribution in [0.1, 0.15) is 41.6 Å². The van der Waals surface area contributed by atoms with Gasteiger partial charge in [0.2, 0.25) is 11.8 Å². The number of benzene rings is 1. The molecule has 1 aromatic heterocycles. The standard InChI is InChI=1S/C26H30N6O4/c27-23-6-4-16(14-28-23)30-8-10-31(11-9-30)17-12-18(13-17)36-22-3-1-2-19-20(22)15-32(26(19)35)21-5-7-24(33)29-25(21)34/h1-4,6,14,17-18,21H,5,7-13,15H2,(H2,27,28)(H,29,33,34). The molecule has 188 valence electrons. The first kappa shape index (κ1) is 22.8. The van der Waals surface area contributed by atoms with Crippen molar-refractivity contribution in [3.8, 4) is 5.75 Å². The first-order chi connectivity index (χ1) is 17.5. The SMILES string of the molecule is Nc1ccc(N2CCN(C3CC(Oc4cccc5c4CN(C4CCC(=O)NC4=O)C5=O)C3)CC2)cn1. The van der Waals surface area contributed by atoms with Gasteiger partial charge >= 0.3 is 0 Å². The maximum atomic E-state index is 13.0. The molecule has 10 heteroatoms. The highest BCUT2D eigenvalue weighted by molar-refractivity contribution is 6.05. The van der Waals surface area contributed by atoms with Gasteiger partial charge in [0.15, 0.2) is 0 Å². The first-order valence-corrected chi connectivity index (χ1v) is 12.6. The first-order valence-electron chi connectivity index (χ1n) is 12.6. The second kappa shape index (κ2) is 9.09. The molecule has 3 N–H and O–H groups in total. The topological polar surface area (TPSA) is 121 Å². The molecule has 10 nitrogen and oxygen atoms in total. The number of piperidine rings is 1. The van der Waals surface area contributed by atoms with Crippen molar-refractivity contribution >= 4 is 29.2 Å². The summed E-state index contributed by atoms with van der Waals surface area (Å²) in [4.78, 5) is 47.5. The number of anilines is 2. The van der Waals surface area contributed by atoms with Crippen LogP contribution in [-0.2, 0) is 16.1 Å². The van der Waals surface area contributed by atoms with Gasteiger partial charge in [-0.25, -0.2) is 4.98 Å². The zero-order chi connectivity index (χ0) is 24.8. The zero-order valence-corrected chi connectivity index (χ0v) is 20.1. The van der Waals surface area contributed by atoms with E-state index in [4.69, 9.17) is 10.5 Å². The number of ether oxygens (including phenoxy) is 1. The van der Waals surface area contributed by atoms with Crippen molar-refractivity contribution in [3.63, 3.8) is 0 Å². The van der Waals surface area contributed by atoms with Gasteiger partial charge in [-0.15, -0.1) is 0 Å². The Kier molecular flexibility index (Phi) is 5.75. The molecule has 36 heavy (non-hydrogen) atoms. The quantitative estimate of drug-likeness (QED) is 0.599. The summed E-state index contributed by atoms with van der Waals surface area (Å²) in [7, 11) is 0. The number of carbonyl (C=O) groups is 3. The largest absolute Gasteiger partial charge is 0.490 e. The van der Waals surface area contributed by atoms with Crippen molar-refractivity contribution in [1.29, 1.82) is 0 Å². The van der Waals surface area contributed by atoms with Crippen molar-refractivity contribution in [3.05, 3.63) is 47.7 Å². The van der Waals surface area contributed by atoms with Crippen LogP contribution in [0.2, 0.25) is 0 Å². The monoisotopic (exact) mass is 490 g/mol. The Labute approximate surface area is 209 Å². The van der Waals surface area contributed by atoms with E-state index in [1.807, 2.05) is 30.5 Å². The third-order valence-electron chi connectivity index (χ3n) is 7.87. The fourth-order valence-electron chi connectivity index (χ4n) is 5.71. The number of nitrogen functional groups attached to an aromatic ring is 1. The van der Waals surface area contributed by atoms with Crippen LogP contribution in [-0.4, -0.2) is 76.9 Å². The number of piperazine rings is 1. The van der Waals surface area contributed by atoms with E-state index >= 15 is 0 Å². The Hall–Kier alpha value is -3.66. The summed E-state index contributed by atoms with van der Waals surface area (Å²) < 4.78 is 6.35. The van der Waals surface area contributed by atoms with E-state index in [1.165, 1.54) is 0 Å². The summed E-state index contributed by atoms with van der Waals surface area (Å²) in [5.41, 5.74) is 8.23. The van der Waals surface area contributed by atoms with Gasteiger partial charge in [-0.1, -0.05) is 6.07 Å². The third kappa shape index (κ3) is 4.15. The highest BCUT2D eigenvalue weighted by Crippen LogP contribution is 2.37. The number of aromatic nitrogens is 1. The number of nitrogens with two attached hydrogens (primary N) is 1. The Morgan fingerprint density at radius 3 is 2.56 bits per heavy atom. The number of amides is 3. The lowest BCUT2D eigenvalue weighted by Gasteiger charge is -2.46. The van der Waals surface area contributed by atoms with E-state index in [-0.39, 0.29) is 24.3 Å². The van der Waals surface area contributed by atoms with Crippen molar-refractivity contribution in [2.75, 3.05) is 36.8 Å². The highest BCUT2D eigenvalue weighted by Gasteiger charge is 2.41. The molecule has 0 bridgehead atoms. The molecule has 2 aromatic rings. The number of nitrogens with zero attached hydrogens (tertiary/aromatic N) is 4. The summed E-state index contributed by atoms with van der Waals surface area (Å²) in [5.74, 6) is 0.400. The zero-order valence-electron chi connectivity index (χ0n) is 20.1. The van der Waals surface area contributed by atoms with Crippen LogP contribution in [0.25, 0.3) is 0 Å². The highest BCUT2D eigenvalue weighted by atomic mass is 16.5. The maximum Gasteiger partial charge on any atom is 0.255 e. The molecular formula is C26H30N6O4. The van der Waals surface area contributed by atoms with E-state index < -0.39 is 11.9 Å². The van der Waals surface area contributed by atoms with Crippen LogP contribution in [0.4, 0.5) is 11.5 Å². The molecule has 6 rings (SSSR count). The second-order valence-electron chi connectivity index (χ2n) is 10.0. The Balaban J connectivity index is 1.04. The van der Waals surface area contributed by atoms with Gasteiger partial charge in [0.25, 0.3) is 5.91 Å². The van der Waals surface area contributed by atoms with Crippen LogP contribution in [0.5, 0.6) is 5.75 Å². The molecule has 0 spiro atoms. The molecule has 1 atom stereocenters. The Bertz CT molecular complexity index is 1190. The van der Waals surface area contributed by atoms with E-state index in [1.54, 1.807) is 11.0 Å². The molecule has 1 saturated carbocycles. The minimum Gasteiger partial charge on any atom is -0.490 e. The van der Waals surface area contributed by atoms with E-state index in [0.29, 0.717) is 30.4 Å².